The van der Waals surface area contributed by atoms with Crippen molar-refractivity contribution in [3.05, 3.63) is 169 Å². The van der Waals surface area contributed by atoms with Crippen LogP contribution < -0.4 is 0 Å². The van der Waals surface area contributed by atoms with Crippen molar-refractivity contribution in [2.45, 2.75) is 0 Å². The minimum atomic E-state index is 0.673. The summed E-state index contributed by atoms with van der Waals surface area (Å²) < 4.78 is 4.86. The highest BCUT2D eigenvalue weighted by atomic mass is 15.0. The van der Waals surface area contributed by atoms with E-state index in [0.29, 0.717) is 5.56 Å². The van der Waals surface area contributed by atoms with Crippen molar-refractivity contribution >= 4 is 65.2 Å². The number of fused-ring (bicyclic) bond motifs is 10. The van der Waals surface area contributed by atoms with Gasteiger partial charge in [0.1, 0.15) is 0 Å². The zero-order chi connectivity index (χ0) is 31.8. The van der Waals surface area contributed by atoms with Gasteiger partial charge in [0.25, 0.3) is 0 Å². The maximum Gasteiger partial charge on any atom is 0.0991 e. The first-order valence-corrected chi connectivity index (χ1v) is 16.2. The number of nitrogens with zero attached hydrogens (tertiary/aromatic N) is 3. The highest BCUT2D eigenvalue weighted by Crippen LogP contribution is 2.42. The lowest BCUT2D eigenvalue weighted by Crippen LogP contribution is -1.95. The number of benzene rings is 8. The summed E-state index contributed by atoms with van der Waals surface area (Å²) in [6.07, 6.45) is 0. The molecule has 0 amide bonds. The maximum absolute atomic E-state index is 9.21. The molecule has 2 heterocycles. The van der Waals surface area contributed by atoms with Crippen LogP contribution in [0.2, 0.25) is 0 Å². The third kappa shape index (κ3) is 3.81. The maximum atomic E-state index is 9.21. The molecule has 0 N–H and O–H groups in total. The molecule has 0 aliphatic heterocycles. The van der Waals surface area contributed by atoms with E-state index in [4.69, 9.17) is 0 Å². The monoisotopic (exact) mass is 609 g/mol. The van der Waals surface area contributed by atoms with Gasteiger partial charge in [-0.1, -0.05) is 103 Å². The summed E-state index contributed by atoms with van der Waals surface area (Å²) in [7, 11) is 0. The molecular formula is C45H27N3. The van der Waals surface area contributed by atoms with Crippen LogP contribution in [0.25, 0.3) is 87.7 Å². The van der Waals surface area contributed by atoms with Crippen molar-refractivity contribution in [3.8, 4) is 28.6 Å². The third-order valence-electron chi connectivity index (χ3n) is 9.91. The molecule has 222 valence electrons. The van der Waals surface area contributed by atoms with E-state index >= 15 is 0 Å². The van der Waals surface area contributed by atoms with Crippen molar-refractivity contribution < 1.29 is 0 Å². The van der Waals surface area contributed by atoms with Crippen LogP contribution in [-0.4, -0.2) is 9.13 Å². The number of hydrogen-bond donors (Lipinski definition) is 0. The number of rotatable bonds is 3. The van der Waals surface area contributed by atoms with E-state index in [-0.39, 0.29) is 0 Å². The van der Waals surface area contributed by atoms with Crippen molar-refractivity contribution in [2.24, 2.45) is 0 Å². The SMILES string of the molecule is N#Cc1ccc(-c2ccc3c(ccc4cc(-n5c6ccccc6c6ccc7c(c8ccccc8n7-c7ccccc7)c65)ccc43)c2)cc1. The van der Waals surface area contributed by atoms with Crippen LogP contribution in [0.1, 0.15) is 5.56 Å². The average Bonchev–Trinajstić information content (AvgIpc) is 3.67. The molecule has 10 rings (SSSR count). The average molecular weight is 610 g/mol. The fraction of sp³-hybridized carbons (Fsp3) is 0. The molecule has 0 saturated heterocycles. The zero-order valence-electron chi connectivity index (χ0n) is 25.9. The predicted molar refractivity (Wildman–Crippen MR) is 200 cm³/mol. The lowest BCUT2D eigenvalue weighted by Gasteiger charge is -2.12. The molecule has 0 spiro atoms. The van der Waals surface area contributed by atoms with Gasteiger partial charge >= 0.3 is 0 Å². The van der Waals surface area contributed by atoms with Crippen LogP contribution in [-0.2, 0) is 0 Å². The Morgan fingerprint density at radius 3 is 1.79 bits per heavy atom. The summed E-state index contributed by atoms with van der Waals surface area (Å²) >= 11 is 0. The second-order valence-electron chi connectivity index (χ2n) is 12.5. The molecule has 0 saturated carbocycles. The Kier molecular flexibility index (Phi) is 5.64. The Morgan fingerprint density at radius 2 is 1.02 bits per heavy atom. The van der Waals surface area contributed by atoms with Gasteiger partial charge in [-0.2, -0.15) is 5.26 Å². The van der Waals surface area contributed by atoms with Gasteiger partial charge in [-0.25, -0.2) is 0 Å². The molecule has 0 atom stereocenters. The molecule has 0 radical (unpaired) electrons. The van der Waals surface area contributed by atoms with Crippen molar-refractivity contribution in [2.75, 3.05) is 0 Å². The quantitative estimate of drug-likeness (QED) is 0.183. The Hall–Kier alpha value is -6.63. The molecule has 3 heteroatoms. The van der Waals surface area contributed by atoms with Gasteiger partial charge in [0, 0.05) is 32.9 Å². The van der Waals surface area contributed by atoms with Gasteiger partial charge in [-0.15, -0.1) is 0 Å². The van der Waals surface area contributed by atoms with Crippen molar-refractivity contribution in [1.29, 1.82) is 5.26 Å². The summed E-state index contributed by atoms with van der Waals surface area (Å²) in [6.45, 7) is 0. The molecule has 0 fully saturated rings. The Bertz CT molecular complexity index is 2940. The lowest BCUT2D eigenvalue weighted by atomic mass is 9.97. The number of para-hydroxylation sites is 3. The van der Waals surface area contributed by atoms with Crippen LogP contribution in [0.4, 0.5) is 0 Å². The lowest BCUT2D eigenvalue weighted by molar-refractivity contribution is 1.18. The van der Waals surface area contributed by atoms with Gasteiger partial charge in [-0.05, 0) is 93.3 Å². The van der Waals surface area contributed by atoms with Gasteiger partial charge in [-0.3, -0.25) is 0 Å². The van der Waals surface area contributed by atoms with Crippen molar-refractivity contribution in [3.63, 3.8) is 0 Å². The largest absolute Gasteiger partial charge is 0.309 e. The van der Waals surface area contributed by atoms with E-state index in [0.717, 1.165) is 22.5 Å². The van der Waals surface area contributed by atoms with Crippen LogP contribution in [0.15, 0.2) is 164 Å². The van der Waals surface area contributed by atoms with Crippen LogP contribution in [0, 0.1) is 11.3 Å². The fourth-order valence-corrected chi connectivity index (χ4v) is 7.75. The highest BCUT2D eigenvalue weighted by molar-refractivity contribution is 6.26. The van der Waals surface area contributed by atoms with E-state index in [1.807, 2.05) is 24.3 Å². The summed E-state index contributed by atoms with van der Waals surface area (Å²) in [4.78, 5) is 0. The summed E-state index contributed by atoms with van der Waals surface area (Å²) in [5.74, 6) is 0. The Labute approximate surface area is 276 Å². The molecule has 3 nitrogen and oxygen atoms in total. The van der Waals surface area contributed by atoms with Crippen molar-refractivity contribution in [1.82, 2.24) is 9.13 Å². The highest BCUT2D eigenvalue weighted by Gasteiger charge is 2.20. The van der Waals surface area contributed by atoms with E-state index in [2.05, 4.69) is 155 Å². The second kappa shape index (κ2) is 10.2. The fourth-order valence-electron chi connectivity index (χ4n) is 7.75. The summed E-state index contributed by atoms with van der Waals surface area (Å²) in [5.41, 5.74) is 10.1. The smallest absolute Gasteiger partial charge is 0.0991 e. The van der Waals surface area contributed by atoms with Gasteiger partial charge in [0.2, 0.25) is 0 Å². The van der Waals surface area contributed by atoms with Crippen LogP contribution >= 0.6 is 0 Å². The first kappa shape index (κ1) is 26.6. The second-order valence-corrected chi connectivity index (χ2v) is 12.5. The van der Waals surface area contributed by atoms with E-state index < -0.39 is 0 Å². The molecule has 0 bridgehead atoms. The molecule has 0 aliphatic rings. The van der Waals surface area contributed by atoms with Gasteiger partial charge in [0.15, 0.2) is 0 Å². The topological polar surface area (TPSA) is 33.6 Å². The minimum Gasteiger partial charge on any atom is -0.309 e. The first-order valence-electron chi connectivity index (χ1n) is 16.2. The normalized spacial score (nSPS) is 11.7. The molecule has 8 aromatic carbocycles. The number of aromatic nitrogens is 2. The van der Waals surface area contributed by atoms with Gasteiger partial charge in [0.05, 0.1) is 33.7 Å². The third-order valence-corrected chi connectivity index (χ3v) is 9.91. The van der Waals surface area contributed by atoms with E-state index in [9.17, 15) is 5.26 Å². The van der Waals surface area contributed by atoms with Crippen LogP contribution in [0.5, 0.6) is 0 Å². The van der Waals surface area contributed by atoms with E-state index in [1.165, 1.54) is 65.2 Å². The summed E-state index contributed by atoms with van der Waals surface area (Å²) in [5, 5.41) is 19.1. The zero-order valence-corrected chi connectivity index (χ0v) is 25.9. The number of nitriles is 1. The molecule has 0 aliphatic carbocycles. The molecule has 48 heavy (non-hydrogen) atoms. The Balaban J connectivity index is 1.22. The molecular weight excluding hydrogens is 583 g/mol. The van der Waals surface area contributed by atoms with Gasteiger partial charge < -0.3 is 9.13 Å². The van der Waals surface area contributed by atoms with Crippen LogP contribution in [0.3, 0.4) is 0 Å². The Morgan fingerprint density at radius 1 is 0.396 bits per heavy atom. The van der Waals surface area contributed by atoms with E-state index in [1.54, 1.807) is 0 Å². The number of hydrogen-bond acceptors (Lipinski definition) is 1. The minimum absolute atomic E-state index is 0.673. The standard InChI is InChI=1S/C45H27N3/c46-28-29-14-16-30(17-15-29)31-20-22-36-32(26-31)18-19-33-27-35(21-23-37(33)36)48-41-12-6-4-10-38(41)39-24-25-43-44(45(39)48)40-11-5-7-13-42(40)47(43)34-8-2-1-3-9-34/h1-27H. The molecule has 0 unspecified atom stereocenters. The predicted octanol–water partition coefficient (Wildman–Crippen LogP) is 11.7. The first-order chi connectivity index (χ1) is 23.8. The molecule has 10 aromatic rings. The molecule has 2 aromatic heterocycles. The summed E-state index contributed by atoms with van der Waals surface area (Å²) in [6, 6.07) is 60.8.